The molecule has 1 N–H and O–H groups in total. The Balaban J connectivity index is 1.96. The minimum atomic E-state index is -1.02. The van der Waals surface area contributed by atoms with Crippen molar-refractivity contribution in [3.05, 3.63) is 81.1 Å². The van der Waals surface area contributed by atoms with Gasteiger partial charge in [-0.2, -0.15) is 5.10 Å². The average Bonchev–Trinajstić information content (AvgIpc) is 2.94. The fourth-order valence-electron chi connectivity index (χ4n) is 3.62. The molecule has 0 fully saturated rings. The van der Waals surface area contributed by atoms with Crippen LogP contribution in [0, 0.1) is 0 Å². The predicted octanol–water partition coefficient (Wildman–Crippen LogP) is 6.14. The van der Waals surface area contributed by atoms with E-state index < -0.39 is 5.97 Å². The molecule has 0 aliphatic heterocycles. The molecule has 1 aromatic heterocycles. The maximum atomic E-state index is 11.9. The summed E-state index contributed by atoms with van der Waals surface area (Å²) in [5.41, 5.74) is 4.43. The Morgan fingerprint density at radius 2 is 1.75 bits per heavy atom. The zero-order valence-electron chi connectivity index (χ0n) is 15.0. The van der Waals surface area contributed by atoms with Crippen LogP contribution < -0.4 is 0 Å². The Kier molecular flexibility index (Phi) is 5.25. The van der Waals surface area contributed by atoms with Crippen molar-refractivity contribution in [3.8, 4) is 5.69 Å². The molecular formula is C22H18Cl2N2O2. The number of hydrogen-bond donors (Lipinski definition) is 1. The average molecular weight is 413 g/mol. The van der Waals surface area contributed by atoms with Crippen LogP contribution in [0.2, 0.25) is 10.0 Å². The lowest BCUT2D eigenvalue weighted by Crippen LogP contribution is -2.04. The third-order valence-electron chi connectivity index (χ3n) is 4.90. The molecule has 1 heterocycles. The molecule has 0 bridgehead atoms. The van der Waals surface area contributed by atoms with Crippen LogP contribution in [0.1, 0.15) is 46.6 Å². The quantitative estimate of drug-likeness (QED) is 0.525. The van der Waals surface area contributed by atoms with Gasteiger partial charge in [-0.3, -0.25) is 0 Å². The van der Waals surface area contributed by atoms with Crippen LogP contribution in [0.15, 0.2) is 48.5 Å². The van der Waals surface area contributed by atoms with E-state index in [4.69, 9.17) is 23.2 Å². The molecule has 0 saturated carbocycles. The first-order chi connectivity index (χ1) is 13.5. The normalized spacial score (nSPS) is 15.3. The van der Waals surface area contributed by atoms with E-state index in [9.17, 15) is 9.90 Å². The monoisotopic (exact) mass is 412 g/mol. The number of benzene rings is 2. The highest BCUT2D eigenvalue weighted by Gasteiger charge is 2.27. The van der Waals surface area contributed by atoms with Crippen molar-refractivity contribution in [1.82, 2.24) is 9.78 Å². The topological polar surface area (TPSA) is 55.1 Å². The minimum absolute atomic E-state index is 0.0961. The summed E-state index contributed by atoms with van der Waals surface area (Å²) in [6.07, 6.45) is 5.50. The molecular weight excluding hydrogens is 395 g/mol. The number of carboxylic acid groups (broad SMARTS) is 1. The summed E-state index contributed by atoms with van der Waals surface area (Å²) in [5.74, 6) is -1.02. The van der Waals surface area contributed by atoms with Crippen molar-refractivity contribution >= 4 is 40.8 Å². The van der Waals surface area contributed by atoms with Crippen LogP contribution >= 0.6 is 23.2 Å². The number of aromatic carboxylic acids is 1. The summed E-state index contributed by atoms with van der Waals surface area (Å²) in [4.78, 5) is 11.9. The van der Waals surface area contributed by atoms with Crippen molar-refractivity contribution in [2.45, 2.75) is 25.7 Å². The number of halogens is 2. The van der Waals surface area contributed by atoms with Gasteiger partial charge in [0.2, 0.25) is 0 Å². The van der Waals surface area contributed by atoms with Crippen LogP contribution in [-0.2, 0) is 6.42 Å². The lowest BCUT2D eigenvalue weighted by molar-refractivity contribution is 0.0688. The Morgan fingerprint density at radius 3 is 2.46 bits per heavy atom. The first kappa shape index (κ1) is 18.8. The van der Waals surface area contributed by atoms with Crippen molar-refractivity contribution < 1.29 is 9.90 Å². The highest BCUT2D eigenvalue weighted by molar-refractivity contribution is 6.32. The van der Waals surface area contributed by atoms with E-state index in [0.717, 1.165) is 41.7 Å². The van der Waals surface area contributed by atoms with Gasteiger partial charge in [0.1, 0.15) is 0 Å². The first-order valence-corrected chi connectivity index (χ1v) is 9.87. The number of aromatic nitrogens is 2. The molecule has 3 aromatic rings. The molecule has 6 heteroatoms. The second-order valence-corrected chi connectivity index (χ2v) is 7.62. The van der Waals surface area contributed by atoms with Crippen molar-refractivity contribution in [2.24, 2.45) is 0 Å². The zero-order valence-corrected chi connectivity index (χ0v) is 16.5. The highest BCUT2D eigenvalue weighted by atomic mass is 35.5. The van der Waals surface area contributed by atoms with E-state index >= 15 is 0 Å². The van der Waals surface area contributed by atoms with Gasteiger partial charge < -0.3 is 5.11 Å². The molecule has 1 aliphatic carbocycles. The second kappa shape index (κ2) is 7.82. The summed E-state index contributed by atoms with van der Waals surface area (Å²) in [6.45, 7) is 0. The van der Waals surface area contributed by atoms with Crippen molar-refractivity contribution in [3.63, 3.8) is 0 Å². The minimum Gasteiger partial charge on any atom is -0.476 e. The van der Waals surface area contributed by atoms with Gasteiger partial charge in [0.25, 0.3) is 0 Å². The lowest BCUT2D eigenvalue weighted by Gasteiger charge is -2.12. The number of hydrogen-bond acceptors (Lipinski definition) is 2. The van der Waals surface area contributed by atoms with E-state index in [1.165, 1.54) is 0 Å². The van der Waals surface area contributed by atoms with E-state index in [1.54, 1.807) is 10.7 Å². The van der Waals surface area contributed by atoms with Gasteiger partial charge in [-0.1, -0.05) is 47.5 Å². The summed E-state index contributed by atoms with van der Waals surface area (Å²) in [7, 11) is 0. The van der Waals surface area contributed by atoms with Gasteiger partial charge in [0, 0.05) is 10.6 Å². The van der Waals surface area contributed by atoms with Gasteiger partial charge in [-0.15, -0.1) is 0 Å². The molecule has 4 rings (SSSR count). The van der Waals surface area contributed by atoms with Crippen LogP contribution in [0.5, 0.6) is 0 Å². The molecule has 142 valence electrons. The number of para-hydroxylation sites is 1. The van der Waals surface area contributed by atoms with Crippen LogP contribution in [0.25, 0.3) is 17.3 Å². The Morgan fingerprint density at radius 1 is 1.04 bits per heavy atom. The predicted molar refractivity (Wildman–Crippen MR) is 112 cm³/mol. The molecule has 4 nitrogen and oxygen atoms in total. The smallest absolute Gasteiger partial charge is 0.356 e. The van der Waals surface area contributed by atoms with Crippen molar-refractivity contribution in [2.75, 3.05) is 0 Å². The third kappa shape index (κ3) is 3.58. The number of fused-ring (bicyclic) bond motifs is 1. The molecule has 0 atom stereocenters. The number of carboxylic acids is 1. The van der Waals surface area contributed by atoms with Crippen LogP contribution in [0.4, 0.5) is 0 Å². The SMILES string of the molecule is O=C(O)c1nn(-c2ccccc2Cl)c2c1CCCC/C2=C\c1ccc(Cl)cc1. The Hall–Kier alpha value is -2.56. The number of carbonyl (C=O) groups is 1. The lowest BCUT2D eigenvalue weighted by atomic mass is 10.0. The molecule has 0 amide bonds. The highest BCUT2D eigenvalue weighted by Crippen LogP contribution is 2.36. The van der Waals surface area contributed by atoms with Gasteiger partial charge in [0.05, 0.1) is 16.4 Å². The summed E-state index contributed by atoms with van der Waals surface area (Å²) < 4.78 is 1.69. The maximum absolute atomic E-state index is 11.9. The summed E-state index contributed by atoms with van der Waals surface area (Å²) >= 11 is 12.4. The maximum Gasteiger partial charge on any atom is 0.356 e. The standard InChI is InChI=1S/C22H18Cl2N2O2/c23-16-11-9-14(10-12-16)13-15-5-1-2-6-17-20(22(27)28)25-26(21(15)17)19-8-4-3-7-18(19)24/h3-4,7-13H,1-2,5-6H2,(H,27,28)/b15-13+. The summed E-state index contributed by atoms with van der Waals surface area (Å²) in [6, 6.07) is 14.9. The third-order valence-corrected chi connectivity index (χ3v) is 5.48. The van der Waals surface area contributed by atoms with Gasteiger partial charge in [0.15, 0.2) is 5.69 Å². The number of nitrogens with zero attached hydrogens (tertiary/aromatic N) is 2. The van der Waals surface area contributed by atoms with E-state index in [1.807, 2.05) is 42.5 Å². The number of rotatable bonds is 3. The molecule has 2 aromatic carbocycles. The first-order valence-electron chi connectivity index (χ1n) is 9.11. The largest absolute Gasteiger partial charge is 0.476 e. The molecule has 0 unspecified atom stereocenters. The number of allylic oxidation sites excluding steroid dienone is 1. The fraction of sp³-hybridized carbons (Fsp3) is 0.182. The van der Waals surface area contributed by atoms with E-state index in [2.05, 4.69) is 11.2 Å². The van der Waals surface area contributed by atoms with Gasteiger partial charge in [-0.05, 0) is 67.2 Å². The molecule has 0 radical (unpaired) electrons. The molecule has 0 saturated heterocycles. The molecule has 0 spiro atoms. The fourth-order valence-corrected chi connectivity index (χ4v) is 3.96. The van der Waals surface area contributed by atoms with Crippen LogP contribution in [-0.4, -0.2) is 20.9 Å². The van der Waals surface area contributed by atoms with Crippen LogP contribution in [0.3, 0.4) is 0 Å². The van der Waals surface area contributed by atoms with Crippen molar-refractivity contribution in [1.29, 1.82) is 0 Å². The molecule has 1 aliphatic rings. The second-order valence-electron chi connectivity index (χ2n) is 6.77. The van der Waals surface area contributed by atoms with Gasteiger partial charge >= 0.3 is 5.97 Å². The van der Waals surface area contributed by atoms with E-state index in [0.29, 0.717) is 22.2 Å². The van der Waals surface area contributed by atoms with E-state index in [-0.39, 0.29) is 5.69 Å². The molecule has 28 heavy (non-hydrogen) atoms. The Labute approximate surface area is 173 Å². The summed E-state index contributed by atoms with van der Waals surface area (Å²) in [5, 5.41) is 15.4. The zero-order chi connectivity index (χ0) is 19.7. The Bertz CT molecular complexity index is 1070. The van der Waals surface area contributed by atoms with Gasteiger partial charge in [-0.25, -0.2) is 9.48 Å².